The highest BCUT2D eigenvalue weighted by molar-refractivity contribution is 5.68. The van der Waals surface area contributed by atoms with Gasteiger partial charge in [-0.25, -0.2) is 4.79 Å². The van der Waals surface area contributed by atoms with Crippen molar-refractivity contribution in [3.63, 3.8) is 0 Å². The zero-order valence-corrected chi connectivity index (χ0v) is 12.0. The summed E-state index contributed by atoms with van der Waals surface area (Å²) in [6.07, 6.45) is -0.522. The first-order valence-electron chi connectivity index (χ1n) is 6.48. The van der Waals surface area contributed by atoms with E-state index in [9.17, 15) is 14.7 Å². The van der Waals surface area contributed by atoms with Gasteiger partial charge >= 0.3 is 12.1 Å². The summed E-state index contributed by atoms with van der Waals surface area (Å²) in [5, 5.41) is 9.96. The highest BCUT2D eigenvalue weighted by Crippen LogP contribution is 2.20. The molecule has 0 aromatic heterocycles. The minimum atomic E-state index is -0.694. The third kappa shape index (κ3) is 5.46. The molecule has 6 heteroatoms. The molecule has 0 spiro atoms. The normalized spacial score (nSPS) is 23.9. The van der Waals surface area contributed by atoms with Crippen molar-refractivity contribution in [1.82, 2.24) is 4.90 Å². The zero-order chi connectivity index (χ0) is 14.6. The van der Waals surface area contributed by atoms with E-state index in [1.807, 2.05) is 0 Å². The molecule has 1 rings (SSSR count). The van der Waals surface area contributed by atoms with Crippen LogP contribution in [0.3, 0.4) is 0 Å². The molecular weight excluding hydrogens is 250 g/mol. The second-order valence-electron chi connectivity index (χ2n) is 5.85. The molecule has 0 aromatic rings. The van der Waals surface area contributed by atoms with Crippen molar-refractivity contribution in [1.29, 1.82) is 0 Å². The molecule has 110 valence electrons. The number of aliphatic hydroxyl groups excluding tert-OH is 1. The lowest BCUT2D eigenvalue weighted by Gasteiger charge is -2.36. The van der Waals surface area contributed by atoms with Gasteiger partial charge in [-0.05, 0) is 27.2 Å². The molecule has 0 bridgehead atoms. The van der Waals surface area contributed by atoms with E-state index in [0.717, 1.165) is 0 Å². The maximum Gasteiger partial charge on any atom is 0.410 e. The Hall–Kier alpha value is -1.30. The average Bonchev–Trinajstić information content (AvgIpc) is 2.24. The molecule has 0 saturated carbocycles. The van der Waals surface area contributed by atoms with Crippen molar-refractivity contribution < 1.29 is 24.2 Å². The van der Waals surface area contributed by atoms with Crippen LogP contribution in [0.2, 0.25) is 0 Å². The fraction of sp³-hybridized carbons (Fsp3) is 0.846. The summed E-state index contributed by atoms with van der Waals surface area (Å²) in [7, 11) is 0. The number of esters is 1. The summed E-state index contributed by atoms with van der Waals surface area (Å²) in [5.41, 5.74) is -0.545. The molecular formula is C13H23NO5. The predicted molar refractivity (Wildman–Crippen MR) is 68.6 cm³/mol. The SMILES string of the molecule is CC(=O)OCC1CCN(C(=O)OC(C)(C)C)CC1O. The number of ether oxygens (including phenoxy) is 2. The number of hydrogen-bond acceptors (Lipinski definition) is 5. The Bertz CT molecular complexity index is 336. The number of carbonyl (C=O) groups is 2. The molecule has 1 aliphatic heterocycles. The van der Waals surface area contributed by atoms with Gasteiger partial charge < -0.3 is 19.5 Å². The number of nitrogens with zero attached hydrogens (tertiary/aromatic N) is 1. The first-order valence-corrected chi connectivity index (χ1v) is 6.48. The van der Waals surface area contributed by atoms with Gasteiger partial charge in [-0.15, -0.1) is 0 Å². The number of piperidine rings is 1. The van der Waals surface area contributed by atoms with Crippen LogP contribution in [0.5, 0.6) is 0 Å². The second kappa shape index (κ2) is 6.23. The minimum Gasteiger partial charge on any atom is -0.465 e. The minimum absolute atomic E-state index is 0.123. The highest BCUT2D eigenvalue weighted by atomic mass is 16.6. The van der Waals surface area contributed by atoms with E-state index >= 15 is 0 Å². The number of carbonyl (C=O) groups excluding carboxylic acids is 2. The van der Waals surface area contributed by atoms with Crippen LogP contribution < -0.4 is 0 Å². The third-order valence-corrected chi connectivity index (χ3v) is 2.87. The molecule has 1 fully saturated rings. The van der Waals surface area contributed by atoms with Gasteiger partial charge in [0, 0.05) is 19.4 Å². The van der Waals surface area contributed by atoms with Crippen molar-refractivity contribution in [2.24, 2.45) is 5.92 Å². The molecule has 0 aromatic carbocycles. The lowest BCUT2D eigenvalue weighted by atomic mass is 9.95. The molecule has 0 radical (unpaired) electrons. The van der Waals surface area contributed by atoms with Crippen LogP contribution in [0.15, 0.2) is 0 Å². The van der Waals surface area contributed by atoms with E-state index in [-0.39, 0.29) is 25.0 Å². The fourth-order valence-electron chi connectivity index (χ4n) is 1.89. The molecule has 1 N–H and O–H groups in total. The highest BCUT2D eigenvalue weighted by Gasteiger charge is 2.32. The maximum absolute atomic E-state index is 11.8. The molecule has 2 unspecified atom stereocenters. The van der Waals surface area contributed by atoms with Crippen LogP contribution >= 0.6 is 0 Å². The molecule has 6 nitrogen and oxygen atoms in total. The van der Waals surface area contributed by atoms with E-state index in [1.165, 1.54) is 11.8 Å². The predicted octanol–water partition coefficient (Wildman–Crippen LogP) is 1.17. The van der Waals surface area contributed by atoms with Crippen molar-refractivity contribution >= 4 is 12.1 Å². The zero-order valence-electron chi connectivity index (χ0n) is 12.0. The summed E-state index contributed by atoms with van der Waals surface area (Å²) in [4.78, 5) is 24.1. The average molecular weight is 273 g/mol. The van der Waals surface area contributed by atoms with Gasteiger partial charge in [0.2, 0.25) is 0 Å². The summed E-state index contributed by atoms with van der Waals surface area (Å²) in [6, 6.07) is 0. The Labute approximate surface area is 113 Å². The van der Waals surface area contributed by atoms with Crippen LogP contribution in [0.1, 0.15) is 34.1 Å². The molecule has 0 aliphatic carbocycles. The van der Waals surface area contributed by atoms with Gasteiger partial charge in [-0.2, -0.15) is 0 Å². The molecule has 2 atom stereocenters. The fourth-order valence-corrected chi connectivity index (χ4v) is 1.89. The van der Waals surface area contributed by atoms with Gasteiger partial charge in [0.15, 0.2) is 0 Å². The molecule has 1 amide bonds. The number of amides is 1. The largest absolute Gasteiger partial charge is 0.465 e. The Morgan fingerprint density at radius 3 is 2.47 bits per heavy atom. The monoisotopic (exact) mass is 273 g/mol. The van der Waals surface area contributed by atoms with Gasteiger partial charge in [-0.1, -0.05) is 0 Å². The quantitative estimate of drug-likeness (QED) is 0.764. The number of rotatable bonds is 2. The molecule has 19 heavy (non-hydrogen) atoms. The second-order valence-corrected chi connectivity index (χ2v) is 5.85. The lowest BCUT2D eigenvalue weighted by Crippen LogP contribution is -2.49. The first kappa shape index (κ1) is 15.8. The Morgan fingerprint density at radius 2 is 2.00 bits per heavy atom. The Kier molecular flexibility index (Phi) is 5.17. The van der Waals surface area contributed by atoms with E-state index in [4.69, 9.17) is 9.47 Å². The Balaban J connectivity index is 2.44. The van der Waals surface area contributed by atoms with Crippen LogP contribution in [0.4, 0.5) is 4.79 Å². The van der Waals surface area contributed by atoms with E-state index < -0.39 is 17.8 Å². The first-order chi connectivity index (χ1) is 8.69. The smallest absolute Gasteiger partial charge is 0.410 e. The molecule has 1 aliphatic rings. The number of β-amino-alcohol motifs (C(OH)–C–C–N with tert-alkyl or cyclic N) is 1. The standard InChI is InChI=1S/C13H23NO5/c1-9(15)18-8-10-5-6-14(7-11(10)16)12(17)19-13(2,3)4/h10-11,16H,5-8H2,1-4H3. The van der Waals surface area contributed by atoms with Gasteiger partial charge in [0.25, 0.3) is 0 Å². The van der Waals surface area contributed by atoms with E-state index in [0.29, 0.717) is 13.0 Å². The van der Waals surface area contributed by atoms with Crippen LogP contribution in [-0.4, -0.2) is 53.5 Å². The topological polar surface area (TPSA) is 76.1 Å². The van der Waals surface area contributed by atoms with Crippen molar-refractivity contribution in [3.8, 4) is 0 Å². The van der Waals surface area contributed by atoms with Crippen molar-refractivity contribution in [2.45, 2.75) is 45.8 Å². The third-order valence-electron chi connectivity index (χ3n) is 2.87. The van der Waals surface area contributed by atoms with Crippen molar-refractivity contribution in [3.05, 3.63) is 0 Å². The maximum atomic E-state index is 11.8. The summed E-state index contributed by atoms with van der Waals surface area (Å²) in [5.74, 6) is -0.482. The Morgan fingerprint density at radius 1 is 1.37 bits per heavy atom. The number of hydrogen-bond donors (Lipinski definition) is 1. The van der Waals surface area contributed by atoms with Gasteiger partial charge in [0.05, 0.1) is 19.3 Å². The van der Waals surface area contributed by atoms with E-state index in [2.05, 4.69) is 0 Å². The van der Waals surface area contributed by atoms with Crippen LogP contribution in [-0.2, 0) is 14.3 Å². The lowest BCUT2D eigenvalue weighted by molar-refractivity contribution is -0.144. The molecule has 1 saturated heterocycles. The van der Waals surface area contributed by atoms with E-state index in [1.54, 1.807) is 20.8 Å². The van der Waals surface area contributed by atoms with Gasteiger partial charge in [0.1, 0.15) is 5.60 Å². The number of aliphatic hydroxyl groups is 1. The van der Waals surface area contributed by atoms with Crippen LogP contribution in [0, 0.1) is 5.92 Å². The van der Waals surface area contributed by atoms with Gasteiger partial charge in [-0.3, -0.25) is 4.79 Å². The summed E-state index contributed by atoms with van der Waals surface area (Å²) < 4.78 is 10.1. The number of likely N-dealkylation sites (tertiary alicyclic amines) is 1. The van der Waals surface area contributed by atoms with Crippen molar-refractivity contribution in [2.75, 3.05) is 19.7 Å². The molecule has 1 heterocycles. The summed E-state index contributed by atoms with van der Waals surface area (Å²) in [6.45, 7) is 7.64. The summed E-state index contributed by atoms with van der Waals surface area (Å²) >= 11 is 0. The van der Waals surface area contributed by atoms with Crippen LogP contribution in [0.25, 0.3) is 0 Å².